The minimum absolute atomic E-state index is 0.205. The van der Waals surface area contributed by atoms with Crippen LogP contribution >= 0.6 is 0 Å². The van der Waals surface area contributed by atoms with Crippen molar-refractivity contribution in [1.29, 1.82) is 0 Å². The van der Waals surface area contributed by atoms with Crippen LogP contribution < -0.4 is 10.1 Å². The number of benzene rings is 1. The van der Waals surface area contributed by atoms with E-state index in [4.69, 9.17) is 9.47 Å². The maximum atomic E-state index is 12.2. The fraction of sp³-hybridized carbons (Fsp3) is 0.556. The molecule has 1 fully saturated rings. The molecule has 2 rings (SSSR count). The second-order valence-corrected chi connectivity index (χ2v) is 6.08. The molecule has 0 saturated heterocycles. The van der Waals surface area contributed by atoms with E-state index in [1.807, 2.05) is 6.92 Å². The zero-order valence-corrected chi connectivity index (χ0v) is 14.1. The molecule has 5 heteroatoms. The average Bonchev–Trinajstić information content (AvgIpc) is 2.56. The van der Waals surface area contributed by atoms with Crippen LogP contribution in [0.15, 0.2) is 18.2 Å². The summed E-state index contributed by atoms with van der Waals surface area (Å²) in [4.78, 5) is 24.3. The average molecular weight is 319 g/mol. The SMILES string of the molecule is COc1cc(C(=O)O[C@H](C)C(=O)NC2CCCCC2)ccc1C. The highest BCUT2D eigenvalue weighted by molar-refractivity contribution is 5.92. The zero-order valence-electron chi connectivity index (χ0n) is 14.1. The van der Waals surface area contributed by atoms with Crippen LogP contribution in [0.3, 0.4) is 0 Å². The Morgan fingerprint density at radius 1 is 1.22 bits per heavy atom. The predicted octanol–water partition coefficient (Wildman–Crippen LogP) is 3.00. The summed E-state index contributed by atoms with van der Waals surface area (Å²) in [7, 11) is 1.55. The summed E-state index contributed by atoms with van der Waals surface area (Å²) >= 11 is 0. The number of aryl methyl sites for hydroxylation is 1. The van der Waals surface area contributed by atoms with Crippen molar-refractivity contribution in [2.75, 3.05) is 7.11 Å². The number of rotatable bonds is 5. The summed E-state index contributed by atoms with van der Waals surface area (Å²) in [6.45, 7) is 3.50. The number of ether oxygens (including phenoxy) is 2. The molecule has 0 aliphatic heterocycles. The molecule has 1 N–H and O–H groups in total. The first-order valence-electron chi connectivity index (χ1n) is 8.17. The van der Waals surface area contributed by atoms with Gasteiger partial charge >= 0.3 is 5.97 Å². The minimum atomic E-state index is -0.809. The van der Waals surface area contributed by atoms with Gasteiger partial charge in [0.2, 0.25) is 0 Å². The van der Waals surface area contributed by atoms with E-state index in [1.54, 1.807) is 32.2 Å². The van der Waals surface area contributed by atoms with Gasteiger partial charge in [-0.1, -0.05) is 25.3 Å². The molecule has 0 heterocycles. The van der Waals surface area contributed by atoms with Gasteiger partial charge < -0.3 is 14.8 Å². The van der Waals surface area contributed by atoms with Crippen LogP contribution in [0.25, 0.3) is 0 Å². The van der Waals surface area contributed by atoms with Gasteiger partial charge in [-0.15, -0.1) is 0 Å². The largest absolute Gasteiger partial charge is 0.496 e. The summed E-state index contributed by atoms with van der Waals surface area (Å²) in [6, 6.07) is 5.30. The van der Waals surface area contributed by atoms with Gasteiger partial charge in [-0.2, -0.15) is 0 Å². The first-order chi connectivity index (χ1) is 11.0. The van der Waals surface area contributed by atoms with Gasteiger partial charge in [-0.25, -0.2) is 4.79 Å². The first kappa shape index (κ1) is 17.3. The molecule has 1 aliphatic carbocycles. The van der Waals surface area contributed by atoms with Crippen molar-refractivity contribution in [3.05, 3.63) is 29.3 Å². The number of hydrogen-bond acceptors (Lipinski definition) is 4. The van der Waals surface area contributed by atoms with E-state index in [2.05, 4.69) is 5.32 Å². The van der Waals surface area contributed by atoms with Crippen LogP contribution in [-0.2, 0) is 9.53 Å². The van der Waals surface area contributed by atoms with Gasteiger partial charge in [0.05, 0.1) is 12.7 Å². The summed E-state index contributed by atoms with van der Waals surface area (Å²) in [5, 5.41) is 2.97. The summed E-state index contributed by atoms with van der Waals surface area (Å²) in [5.41, 5.74) is 1.32. The number of amides is 1. The fourth-order valence-electron chi connectivity index (χ4n) is 2.79. The van der Waals surface area contributed by atoms with Crippen molar-refractivity contribution in [2.24, 2.45) is 0 Å². The third-order valence-electron chi connectivity index (χ3n) is 4.25. The van der Waals surface area contributed by atoms with Gasteiger partial charge in [0.15, 0.2) is 6.10 Å². The van der Waals surface area contributed by atoms with Crippen molar-refractivity contribution in [3.63, 3.8) is 0 Å². The van der Waals surface area contributed by atoms with E-state index < -0.39 is 12.1 Å². The van der Waals surface area contributed by atoms with Crippen LogP contribution in [0.5, 0.6) is 5.75 Å². The quantitative estimate of drug-likeness (QED) is 0.847. The second kappa shape index (κ2) is 7.99. The highest BCUT2D eigenvalue weighted by atomic mass is 16.5. The normalized spacial score (nSPS) is 16.5. The third kappa shape index (κ3) is 4.71. The predicted molar refractivity (Wildman–Crippen MR) is 87.6 cm³/mol. The number of esters is 1. The maximum absolute atomic E-state index is 12.2. The molecule has 0 unspecified atom stereocenters. The molecular weight excluding hydrogens is 294 g/mol. The lowest BCUT2D eigenvalue weighted by Gasteiger charge is -2.24. The molecule has 1 aliphatic rings. The van der Waals surface area contributed by atoms with E-state index in [9.17, 15) is 9.59 Å². The van der Waals surface area contributed by atoms with E-state index in [1.165, 1.54) is 6.42 Å². The number of carbonyl (C=O) groups excluding carboxylic acids is 2. The summed E-state index contributed by atoms with van der Waals surface area (Å²) < 4.78 is 10.5. The smallest absolute Gasteiger partial charge is 0.339 e. The Hall–Kier alpha value is -2.04. The fourth-order valence-corrected chi connectivity index (χ4v) is 2.79. The molecule has 1 aromatic rings. The van der Waals surface area contributed by atoms with E-state index in [0.717, 1.165) is 31.2 Å². The van der Waals surface area contributed by atoms with Gasteiger partial charge in [0, 0.05) is 6.04 Å². The summed E-state index contributed by atoms with van der Waals surface area (Å²) in [5.74, 6) is -0.127. The minimum Gasteiger partial charge on any atom is -0.496 e. The number of methoxy groups -OCH3 is 1. The van der Waals surface area contributed by atoms with Crippen LogP contribution in [0.1, 0.15) is 54.9 Å². The van der Waals surface area contributed by atoms with Gasteiger partial charge in [0.25, 0.3) is 5.91 Å². The Morgan fingerprint density at radius 2 is 1.91 bits per heavy atom. The molecule has 5 nitrogen and oxygen atoms in total. The Bertz CT molecular complexity index is 564. The molecule has 1 atom stereocenters. The molecule has 1 amide bonds. The lowest BCUT2D eigenvalue weighted by Crippen LogP contribution is -2.42. The van der Waals surface area contributed by atoms with E-state index >= 15 is 0 Å². The number of carbonyl (C=O) groups is 2. The van der Waals surface area contributed by atoms with Crippen LogP contribution in [-0.4, -0.2) is 31.1 Å². The molecule has 0 bridgehead atoms. The third-order valence-corrected chi connectivity index (χ3v) is 4.25. The van der Waals surface area contributed by atoms with Crippen molar-refractivity contribution in [3.8, 4) is 5.75 Å². The van der Waals surface area contributed by atoms with E-state index in [-0.39, 0.29) is 11.9 Å². The highest BCUT2D eigenvalue weighted by Crippen LogP contribution is 2.20. The van der Waals surface area contributed by atoms with Gasteiger partial charge in [-0.05, 0) is 44.4 Å². The molecule has 126 valence electrons. The van der Waals surface area contributed by atoms with Gasteiger partial charge in [0.1, 0.15) is 5.75 Å². The maximum Gasteiger partial charge on any atom is 0.339 e. The molecule has 1 saturated carbocycles. The number of nitrogens with one attached hydrogen (secondary N) is 1. The monoisotopic (exact) mass is 319 g/mol. The molecule has 0 spiro atoms. The summed E-state index contributed by atoms with van der Waals surface area (Å²) in [6.07, 6.45) is 4.71. The molecule has 23 heavy (non-hydrogen) atoms. The topological polar surface area (TPSA) is 64.6 Å². The second-order valence-electron chi connectivity index (χ2n) is 6.08. The molecule has 0 radical (unpaired) electrons. The Morgan fingerprint density at radius 3 is 2.57 bits per heavy atom. The number of hydrogen-bond donors (Lipinski definition) is 1. The van der Waals surface area contributed by atoms with Crippen molar-refractivity contribution in [2.45, 2.75) is 58.1 Å². The van der Waals surface area contributed by atoms with Crippen LogP contribution in [0.2, 0.25) is 0 Å². The van der Waals surface area contributed by atoms with Crippen LogP contribution in [0.4, 0.5) is 0 Å². The first-order valence-corrected chi connectivity index (χ1v) is 8.17. The molecule has 1 aromatic carbocycles. The van der Waals surface area contributed by atoms with Crippen molar-refractivity contribution in [1.82, 2.24) is 5.32 Å². The van der Waals surface area contributed by atoms with Gasteiger partial charge in [-0.3, -0.25) is 4.79 Å². The lowest BCUT2D eigenvalue weighted by atomic mass is 9.95. The van der Waals surface area contributed by atoms with Crippen molar-refractivity contribution >= 4 is 11.9 Å². The molecular formula is C18H25NO4. The van der Waals surface area contributed by atoms with E-state index in [0.29, 0.717) is 11.3 Å². The lowest BCUT2D eigenvalue weighted by molar-refractivity contribution is -0.130. The van der Waals surface area contributed by atoms with Crippen LogP contribution in [0, 0.1) is 6.92 Å². The Labute approximate surface area is 137 Å². The Kier molecular flexibility index (Phi) is 6.02. The standard InChI is InChI=1S/C18H25NO4/c1-12-9-10-14(11-16(12)22-3)18(21)23-13(2)17(20)19-15-7-5-4-6-8-15/h9-11,13,15H,4-8H2,1-3H3,(H,19,20)/t13-/m1/s1. The zero-order chi connectivity index (χ0) is 16.8. The Balaban J connectivity index is 1.92. The van der Waals surface area contributed by atoms with Crippen molar-refractivity contribution < 1.29 is 19.1 Å². The molecule has 0 aromatic heterocycles. The highest BCUT2D eigenvalue weighted by Gasteiger charge is 2.23.